The minimum atomic E-state index is 0.833. The fraction of sp³-hybridized carbons (Fsp3) is 0. The molecular weight excluding hydrogens is 556 g/mol. The van der Waals surface area contributed by atoms with Gasteiger partial charge in [0.05, 0.1) is 0 Å². The van der Waals surface area contributed by atoms with Gasteiger partial charge in [0.15, 0.2) is 5.65 Å². The molecule has 7 aromatic rings. The summed E-state index contributed by atoms with van der Waals surface area (Å²) >= 11 is 3.70. The smallest absolute Gasteiger partial charge is 0.165 e. The number of pyridine rings is 2. The van der Waals surface area contributed by atoms with Gasteiger partial charge >= 0.3 is 0 Å². The summed E-state index contributed by atoms with van der Waals surface area (Å²) in [6, 6.07) is 41.8. The van der Waals surface area contributed by atoms with Crippen molar-refractivity contribution < 1.29 is 0 Å². The highest BCUT2D eigenvalue weighted by atomic mass is 79.9. The molecule has 0 aliphatic rings. The second-order valence-corrected chi connectivity index (χ2v) is 10.5. The Morgan fingerprint density at radius 3 is 1.95 bits per heavy atom. The van der Waals surface area contributed by atoms with Gasteiger partial charge in [-0.15, -0.1) is 0 Å². The number of rotatable bonds is 5. The van der Waals surface area contributed by atoms with E-state index in [0.717, 1.165) is 66.1 Å². The Kier molecular flexibility index (Phi) is 6.27. The van der Waals surface area contributed by atoms with Crippen LogP contribution in [0.5, 0.6) is 0 Å². The lowest BCUT2D eigenvalue weighted by atomic mass is 9.99. The summed E-state index contributed by atoms with van der Waals surface area (Å²) in [6.45, 7) is 0. The number of hydrogen-bond acceptors (Lipinski definition) is 3. The zero-order chi connectivity index (χ0) is 26.9. The van der Waals surface area contributed by atoms with Crippen LogP contribution in [0.2, 0.25) is 0 Å². The van der Waals surface area contributed by atoms with E-state index in [2.05, 4.69) is 110 Å². The molecule has 4 nitrogen and oxygen atoms in total. The molecule has 0 amide bonds. The highest BCUT2D eigenvalue weighted by Crippen LogP contribution is 2.35. The lowest BCUT2D eigenvalue weighted by molar-refractivity contribution is 1.08. The van der Waals surface area contributed by atoms with Crippen molar-refractivity contribution in [2.75, 3.05) is 0 Å². The lowest BCUT2D eigenvalue weighted by Gasteiger charge is -2.11. The quantitative estimate of drug-likeness (QED) is 0.204. The molecule has 7 rings (SSSR count). The highest BCUT2D eigenvalue weighted by Gasteiger charge is 2.18. The van der Waals surface area contributed by atoms with Crippen LogP contribution in [-0.2, 0) is 0 Å². The van der Waals surface area contributed by atoms with E-state index in [-0.39, 0.29) is 0 Å². The van der Waals surface area contributed by atoms with Crippen molar-refractivity contribution in [1.82, 2.24) is 19.5 Å². The first-order valence-corrected chi connectivity index (χ1v) is 13.8. The van der Waals surface area contributed by atoms with Gasteiger partial charge in [-0.1, -0.05) is 94.8 Å². The molecule has 0 N–H and O–H groups in total. The van der Waals surface area contributed by atoms with Crippen LogP contribution in [0.25, 0.3) is 61.6 Å². The van der Waals surface area contributed by atoms with Gasteiger partial charge in [0.2, 0.25) is 0 Å². The van der Waals surface area contributed by atoms with Gasteiger partial charge in [0.1, 0.15) is 11.3 Å². The Labute approximate surface area is 240 Å². The SMILES string of the molecule is Brc1cc(-c2ccc(-c3nc4c(-c5ccccc5)ccnc4n3-c3ccccc3)cc2)cc(-c2cccnc2)c1. The number of imidazole rings is 1. The molecule has 0 unspecified atom stereocenters. The molecular formula is C35H23BrN4. The van der Waals surface area contributed by atoms with Crippen LogP contribution in [0, 0.1) is 0 Å². The van der Waals surface area contributed by atoms with Crippen LogP contribution in [0.3, 0.4) is 0 Å². The predicted octanol–water partition coefficient (Wildman–Crippen LogP) is 9.25. The number of aromatic nitrogens is 4. The summed E-state index contributed by atoms with van der Waals surface area (Å²) in [6.07, 6.45) is 5.55. The molecule has 0 fully saturated rings. The van der Waals surface area contributed by atoms with E-state index in [1.807, 2.05) is 48.8 Å². The zero-order valence-corrected chi connectivity index (χ0v) is 23.0. The summed E-state index contributed by atoms with van der Waals surface area (Å²) in [7, 11) is 0. The Balaban J connectivity index is 1.36. The third kappa shape index (κ3) is 4.51. The summed E-state index contributed by atoms with van der Waals surface area (Å²) in [5.41, 5.74) is 10.4. The van der Waals surface area contributed by atoms with Crippen molar-refractivity contribution >= 4 is 27.1 Å². The molecule has 0 saturated carbocycles. The third-order valence-corrected chi connectivity index (χ3v) is 7.47. The maximum atomic E-state index is 5.19. The van der Waals surface area contributed by atoms with E-state index < -0.39 is 0 Å². The maximum absolute atomic E-state index is 5.19. The Bertz CT molecular complexity index is 1930. The molecule has 0 radical (unpaired) electrons. The van der Waals surface area contributed by atoms with Gasteiger partial charge in [-0.3, -0.25) is 9.55 Å². The normalized spacial score (nSPS) is 11.1. The van der Waals surface area contributed by atoms with Crippen molar-refractivity contribution in [3.63, 3.8) is 0 Å². The first-order valence-electron chi connectivity index (χ1n) is 13.0. The molecule has 3 heterocycles. The molecule has 0 aliphatic heterocycles. The minimum absolute atomic E-state index is 0.833. The van der Waals surface area contributed by atoms with Gasteiger partial charge in [-0.25, -0.2) is 9.97 Å². The largest absolute Gasteiger partial charge is 0.277 e. The van der Waals surface area contributed by atoms with Crippen molar-refractivity contribution in [2.45, 2.75) is 0 Å². The molecule has 4 aromatic carbocycles. The minimum Gasteiger partial charge on any atom is -0.277 e. The van der Waals surface area contributed by atoms with Gasteiger partial charge in [-0.05, 0) is 64.7 Å². The fourth-order valence-corrected chi connectivity index (χ4v) is 5.60. The number of fused-ring (bicyclic) bond motifs is 1. The highest BCUT2D eigenvalue weighted by molar-refractivity contribution is 9.10. The van der Waals surface area contributed by atoms with Gasteiger partial charge in [0, 0.05) is 45.4 Å². The number of para-hydroxylation sites is 1. The first kappa shape index (κ1) is 24.2. The maximum Gasteiger partial charge on any atom is 0.165 e. The van der Waals surface area contributed by atoms with E-state index in [9.17, 15) is 0 Å². The Morgan fingerprint density at radius 1 is 0.550 bits per heavy atom. The van der Waals surface area contributed by atoms with Gasteiger partial charge in [-0.2, -0.15) is 0 Å². The van der Waals surface area contributed by atoms with E-state index in [4.69, 9.17) is 9.97 Å². The predicted molar refractivity (Wildman–Crippen MR) is 166 cm³/mol. The van der Waals surface area contributed by atoms with Crippen molar-refractivity contribution in [3.05, 3.63) is 144 Å². The molecule has 190 valence electrons. The summed E-state index contributed by atoms with van der Waals surface area (Å²) < 4.78 is 3.18. The van der Waals surface area contributed by atoms with E-state index in [1.54, 1.807) is 6.20 Å². The number of benzene rings is 4. The van der Waals surface area contributed by atoms with Crippen LogP contribution < -0.4 is 0 Å². The Hall–Kier alpha value is -4.87. The molecule has 0 bridgehead atoms. The van der Waals surface area contributed by atoms with Crippen molar-refractivity contribution in [2.24, 2.45) is 0 Å². The second kappa shape index (κ2) is 10.4. The molecule has 3 aromatic heterocycles. The van der Waals surface area contributed by atoms with Crippen LogP contribution in [0.15, 0.2) is 144 Å². The third-order valence-electron chi connectivity index (χ3n) is 7.01. The fourth-order valence-electron chi connectivity index (χ4n) is 5.11. The zero-order valence-electron chi connectivity index (χ0n) is 21.4. The number of halogens is 1. The van der Waals surface area contributed by atoms with Crippen LogP contribution in [0.4, 0.5) is 0 Å². The molecule has 0 atom stereocenters. The van der Waals surface area contributed by atoms with E-state index in [0.29, 0.717) is 0 Å². The number of nitrogens with zero attached hydrogens (tertiary/aromatic N) is 4. The second-order valence-electron chi connectivity index (χ2n) is 9.55. The lowest BCUT2D eigenvalue weighted by Crippen LogP contribution is -1.98. The topological polar surface area (TPSA) is 43.6 Å². The van der Waals surface area contributed by atoms with Crippen LogP contribution >= 0.6 is 15.9 Å². The van der Waals surface area contributed by atoms with Crippen LogP contribution in [-0.4, -0.2) is 19.5 Å². The summed E-state index contributed by atoms with van der Waals surface area (Å²) in [4.78, 5) is 14.3. The molecule has 0 aliphatic carbocycles. The molecule has 0 saturated heterocycles. The molecule has 5 heteroatoms. The summed E-state index contributed by atoms with van der Waals surface area (Å²) in [5.74, 6) is 0.855. The van der Waals surface area contributed by atoms with E-state index >= 15 is 0 Å². The molecule has 0 spiro atoms. The van der Waals surface area contributed by atoms with Crippen molar-refractivity contribution in [1.29, 1.82) is 0 Å². The standard InChI is InChI=1S/C35H23BrN4/c36-30-21-28(20-29(22-30)27-10-7-18-37-23-27)24-13-15-26(16-14-24)34-39-33-32(25-8-3-1-4-9-25)17-19-38-35(33)40(34)31-11-5-2-6-12-31/h1-23H. The number of hydrogen-bond donors (Lipinski definition) is 0. The van der Waals surface area contributed by atoms with Gasteiger partial charge < -0.3 is 0 Å². The van der Waals surface area contributed by atoms with E-state index in [1.165, 1.54) is 0 Å². The van der Waals surface area contributed by atoms with Gasteiger partial charge in [0.25, 0.3) is 0 Å². The van der Waals surface area contributed by atoms with Crippen LogP contribution in [0.1, 0.15) is 0 Å². The molecule has 40 heavy (non-hydrogen) atoms. The Morgan fingerprint density at radius 2 is 1.23 bits per heavy atom. The average Bonchev–Trinajstić information content (AvgIpc) is 3.42. The monoisotopic (exact) mass is 578 g/mol. The average molecular weight is 580 g/mol. The van der Waals surface area contributed by atoms with Crippen molar-refractivity contribution in [3.8, 4) is 50.5 Å². The first-order chi connectivity index (χ1) is 19.7. The summed E-state index contributed by atoms with van der Waals surface area (Å²) in [5, 5.41) is 0.